The number of nitrogens with zero attached hydrogens (tertiary/aromatic N) is 1. The summed E-state index contributed by atoms with van der Waals surface area (Å²) in [4.78, 5) is 16.6. The van der Waals surface area contributed by atoms with Gasteiger partial charge in [0.05, 0.1) is 5.52 Å². The molecule has 0 bridgehead atoms. The lowest BCUT2D eigenvalue weighted by molar-refractivity contribution is -0.116. The highest BCUT2D eigenvalue weighted by Gasteiger charge is 2.11. The van der Waals surface area contributed by atoms with Crippen LogP contribution in [0, 0.1) is 0 Å². The maximum Gasteiger partial charge on any atom is 0.226 e. The number of carbonyl (C=O) groups is 1. The van der Waals surface area contributed by atoms with Crippen molar-refractivity contribution in [3.63, 3.8) is 0 Å². The highest BCUT2D eigenvalue weighted by atomic mass is 16.1. The van der Waals surface area contributed by atoms with Crippen LogP contribution in [-0.4, -0.2) is 10.9 Å². The van der Waals surface area contributed by atoms with Gasteiger partial charge in [0.25, 0.3) is 0 Å². The number of fused-ring (bicyclic) bond motifs is 1. The summed E-state index contributed by atoms with van der Waals surface area (Å²) in [6.45, 7) is 2.06. The van der Waals surface area contributed by atoms with Crippen molar-refractivity contribution in [2.75, 3.05) is 5.32 Å². The molecule has 3 rings (SSSR count). The molecule has 0 aliphatic carbocycles. The van der Waals surface area contributed by atoms with Gasteiger partial charge in [0, 0.05) is 11.8 Å². The van der Waals surface area contributed by atoms with Crippen LogP contribution in [0.1, 0.15) is 24.8 Å². The van der Waals surface area contributed by atoms with E-state index in [4.69, 9.17) is 0 Å². The van der Waals surface area contributed by atoms with Gasteiger partial charge >= 0.3 is 0 Å². The standard InChI is InChI=1S/C19H18N2O/c1-14(15-7-3-2-4-8-15)13-19(22)21-18-12-11-16-9-5-6-10-17(16)20-18/h2-12,14H,13H2,1H3,(H,20,21,22). The van der Waals surface area contributed by atoms with Gasteiger partial charge in [-0.05, 0) is 29.7 Å². The lowest BCUT2D eigenvalue weighted by Crippen LogP contribution is -2.15. The lowest BCUT2D eigenvalue weighted by atomic mass is 9.98. The molecule has 2 aromatic carbocycles. The monoisotopic (exact) mass is 290 g/mol. The molecule has 22 heavy (non-hydrogen) atoms. The number of benzene rings is 2. The van der Waals surface area contributed by atoms with Gasteiger partial charge in [-0.25, -0.2) is 4.98 Å². The lowest BCUT2D eigenvalue weighted by Gasteiger charge is -2.12. The van der Waals surface area contributed by atoms with Crippen molar-refractivity contribution in [3.05, 3.63) is 72.3 Å². The van der Waals surface area contributed by atoms with Gasteiger partial charge in [-0.3, -0.25) is 4.79 Å². The fraction of sp³-hybridized carbons (Fsp3) is 0.158. The molecule has 110 valence electrons. The van der Waals surface area contributed by atoms with Crippen molar-refractivity contribution >= 4 is 22.6 Å². The quantitative estimate of drug-likeness (QED) is 0.775. The van der Waals surface area contributed by atoms with E-state index in [0.717, 1.165) is 10.9 Å². The van der Waals surface area contributed by atoms with Crippen molar-refractivity contribution in [3.8, 4) is 0 Å². The number of nitrogens with one attached hydrogen (secondary N) is 1. The fourth-order valence-corrected chi connectivity index (χ4v) is 2.51. The SMILES string of the molecule is CC(CC(=O)Nc1ccc2ccccc2n1)c1ccccc1. The van der Waals surface area contributed by atoms with E-state index in [1.54, 1.807) is 0 Å². The number of aromatic nitrogens is 1. The van der Waals surface area contributed by atoms with Gasteiger partial charge in [0.15, 0.2) is 0 Å². The van der Waals surface area contributed by atoms with Crippen LogP contribution in [0.5, 0.6) is 0 Å². The van der Waals surface area contributed by atoms with Crippen LogP contribution in [0.2, 0.25) is 0 Å². The van der Waals surface area contributed by atoms with Gasteiger partial charge in [-0.1, -0.05) is 55.5 Å². The average Bonchev–Trinajstić information content (AvgIpc) is 2.55. The molecule has 0 spiro atoms. The van der Waals surface area contributed by atoms with Crippen molar-refractivity contribution in [1.29, 1.82) is 0 Å². The molecular formula is C19H18N2O. The number of anilines is 1. The summed E-state index contributed by atoms with van der Waals surface area (Å²) in [7, 11) is 0. The number of amides is 1. The second-order valence-corrected chi connectivity index (χ2v) is 5.45. The number of pyridine rings is 1. The minimum atomic E-state index is -0.0147. The normalized spacial score (nSPS) is 12.0. The Kier molecular flexibility index (Phi) is 4.15. The first-order valence-corrected chi connectivity index (χ1v) is 7.43. The molecule has 3 heteroatoms. The van der Waals surface area contributed by atoms with Crippen molar-refractivity contribution in [1.82, 2.24) is 4.98 Å². The van der Waals surface area contributed by atoms with E-state index < -0.39 is 0 Å². The molecule has 0 fully saturated rings. The molecule has 1 unspecified atom stereocenters. The number of hydrogen-bond acceptors (Lipinski definition) is 2. The third-order valence-electron chi connectivity index (χ3n) is 3.73. The number of rotatable bonds is 4. The second kappa shape index (κ2) is 6.39. The van der Waals surface area contributed by atoms with Gasteiger partial charge in [0.1, 0.15) is 5.82 Å². The van der Waals surface area contributed by atoms with Gasteiger partial charge in [0.2, 0.25) is 5.91 Å². The van der Waals surface area contributed by atoms with E-state index in [1.165, 1.54) is 5.56 Å². The molecular weight excluding hydrogens is 272 g/mol. The van der Waals surface area contributed by atoms with Crippen LogP contribution in [0.25, 0.3) is 10.9 Å². The highest BCUT2D eigenvalue weighted by Crippen LogP contribution is 2.20. The van der Waals surface area contributed by atoms with Gasteiger partial charge < -0.3 is 5.32 Å². The summed E-state index contributed by atoms with van der Waals surface area (Å²) in [6, 6.07) is 21.7. The molecule has 3 aromatic rings. The van der Waals surface area contributed by atoms with E-state index >= 15 is 0 Å². The third-order valence-corrected chi connectivity index (χ3v) is 3.73. The van der Waals surface area contributed by atoms with E-state index in [2.05, 4.69) is 17.2 Å². The summed E-state index contributed by atoms with van der Waals surface area (Å²) in [5.41, 5.74) is 2.06. The molecule has 1 heterocycles. The molecule has 1 atom stereocenters. The maximum absolute atomic E-state index is 12.2. The molecule has 1 amide bonds. The van der Waals surface area contributed by atoms with E-state index in [0.29, 0.717) is 12.2 Å². The topological polar surface area (TPSA) is 42.0 Å². The summed E-state index contributed by atoms with van der Waals surface area (Å²) in [6.07, 6.45) is 0.443. The first-order chi connectivity index (χ1) is 10.7. The molecule has 1 N–H and O–H groups in total. The van der Waals surface area contributed by atoms with E-state index in [9.17, 15) is 4.79 Å². The smallest absolute Gasteiger partial charge is 0.226 e. The number of hydrogen-bond donors (Lipinski definition) is 1. The Morgan fingerprint density at radius 1 is 1.00 bits per heavy atom. The third kappa shape index (κ3) is 3.31. The Morgan fingerprint density at radius 3 is 2.55 bits per heavy atom. The first kappa shape index (κ1) is 14.3. The average molecular weight is 290 g/mol. The van der Waals surface area contributed by atoms with Gasteiger partial charge in [-0.15, -0.1) is 0 Å². The highest BCUT2D eigenvalue weighted by molar-refractivity contribution is 5.91. The van der Waals surface area contributed by atoms with Crippen LogP contribution in [-0.2, 0) is 4.79 Å². The Morgan fingerprint density at radius 2 is 1.73 bits per heavy atom. The summed E-state index contributed by atoms with van der Waals surface area (Å²) < 4.78 is 0. The maximum atomic E-state index is 12.2. The largest absolute Gasteiger partial charge is 0.311 e. The summed E-state index contributed by atoms with van der Waals surface area (Å²) >= 11 is 0. The molecule has 0 saturated carbocycles. The number of para-hydroxylation sites is 1. The first-order valence-electron chi connectivity index (χ1n) is 7.43. The van der Waals surface area contributed by atoms with Crippen molar-refractivity contribution in [2.45, 2.75) is 19.3 Å². The van der Waals surface area contributed by atoms with Crippen LogP contribution in [0.15, 0.2) is 66.7 Å². The zero-order valence-electron chi connectivity index (χ0n) is 12.5. The summed E-state index contributed by atoms with van der Waals surface area (Å²) in [5.74, 6) is 0.768. The minimum Gasteiger partial charge on any atom is -0.311 e. The zero-order valence-corrected chi connectivity index (χ0v) is 12.5. The predicted octanol–water partition coefficient (Wildman–Crippen LogP) is 4.37. The van der Waals surface area contributed by atoms with E-state index in [1.807, 2.05) is 66.7 Å². The molecule has 0 radical (unpaired) electrons. The zero-order chi connectivity index (χ0) is 15.4. The Hall–Kier alpha value is -2.68. The molecule has 0 aliphatic heterocycles. The molecule has 3 nitrogen and oxygen atoms in total. The number of carbonyl (C=O) groups excluding carboxylic acids is 1. The fourth-order valence-electron chi connectivity index (χ4n) is 2.51. The van der Waals surface area contributed by atoms with Crippen LogP contribution in [0.3, 0.4) is 0 Å². The Bertz CT molecular complexity index is 784. The molecule has 0 aliphatic rings. The van der Waals surface area contributed by atoms with E-state index in [-0.39, 0.29) is 11.8 Å². The summed E-state index contributed by atoms with van der Waals surface area (Å²) in [5, 5.41) is 3.95. The van der Waals surface area contributed by atoms with Gasteiger partial charge in [-0.2, -0.15) is 0 Å². The van der Waals surface area contributed by atoms with Crippen LogP contribution >= 0.6 is 0 Å². The molecule has 0 saturated heterocycles. The van der Waals surface area contributed by atoms with Crippen molar-refractivity contribution in [2.24, 2.45) is 0 Å². The Balaban J connectivity index is 1.68. The minimum absolute atomic E-state index is 0.0147. The second-order valence-electron chi connectivity index (χ2n) is 5.45. The van der Waals surface area contributed by atoms with Crippen LogP contribution in [0.4, 0.5) is 5.82 Å². The predicted molar refractivity (Wildman–Crippen MR) is 89.8 cm³/mol. The Labute approximate surface area is 130 Å². The van der Waals surface area contributed by atoms with Crippen LogP contribution < -0.4 is 5.32 Å². The van der Waals surface area contributed by atoms with Crippen molar-refractivity contribution < 1.29 is 4.79 Å². The molecule has 1 aromatic heterocycles.